The minimum atomic E-state index is -1.14. The van der Waals surface area contributed by atoms with E-state index >= 15 is 0 Å². The Bertz CT molecular complexity index is 1280. The molecule has 0 aliphatic carbocycles. The number of aromatic carboxylic acids is 1. The minimum Gasteiger partial charge on any atom is -0.481 e. The fraction of sp³-hybridized carbons (Fsp3) is 0.208. The standard InChI is InChI=1S/C24H24N4O3S/c1-5-17-21(16-10-11-32-13-16)23(28(27-17)19-12-14(2)6-7-15(19)3)25-18-8-9-20(31-4)26-22(18)24(29)30/h6-13,25H,5H2,1-4H3,(H,29,30). The van der Waals surface area contributed by atoms with Crippen molar-refractivity contribution >= 4 is 28.8 Å². The van der Waals surface area contributed by atoms with Gasteiger partial charge < -0.3 is 15.2 Å². The molecular formula is C24H24N4O3S. The Morgan fingerprint density at radius 2 is 2.03 bits per heavy atom. The molecule has 164 valence electrons. The smallest absolute Gasteiger partial charge is 0.356 e. The number of aromatic nitrogens is 3. The van der Waals surface area contributed by atoms with Crippen molar-refractivity contribution in [1.82, 2.24) is 14.8 Å². The molecule has 0 aliphatic rings. The monoisotopic (exact) mass is 448 g/mol. The Labute approximate surface area is 190 Å². The number of methoxy groups -OCH3 is 1. The molecule has 1 aromatic carbocycles. The highest BCUT2D eigenvalue weighted by Crippen LogP contribution is 2.38. The normalized spacial score (nSPS) is 10.9. The Balaban J connectivity index is 1.97. The Morgan fingerprint density at radius 3 is 2.69 bits per heavy atom. The van der Waals surface area contributed by atoms with E-state index < -0.39 is 5.97 Å². The summed E-state index contributed by atoms with van der Waals surface area (Å²) in [7, 11) is 1.46. The summed E-state index contributed by atoms with van der Waals surface area (Å²) in [6.07, 6.45) is 0.727. The maximum atomic E-state index is 11.9. The van der Waals surface area contributed by atoms with E-state index in [1.165, 1.54) is 7.11 Å². The molecule has 7 nitrogen and oxygen atoms in total. The molecule has 0 saturated carbocycles. The number of thiophene rings is 1. The highest BCUT2D eigenvalue weighted by atomic mass is 32.1. The quantitative estimate of drug-likeness (QED) is 0.381. The van der Waals surface area contributed by atoms with Crippen LogP contribution >= 0.6 is 11.3 Å². The van der Waals surface area contributed by atoms with E-state index in [0.717, 1.165) is 40.1 Å². The van der Waals surface area contributed by atoms with Crippen molar-refractivity contribution in [2.24, 2.45) is 0 Å². The van der Waals surface area contributed by atoms with E-state index in [4.69, 9.17) is 9.84 Å². The zero-order valence-electron chi connectivity index (χ0n) is 18.3. The molecule has 8 heteroatoms. The Hall–Kier alpha value is -3.65. The Kier molecular flexibility index (Phi) is 5.96. The molecule has 2 N–H and O–H groups in total. The van der Waals surface area contributed by atoms with Gasteiger partial charge in [-0.3, -0.25) is 0 Å². The molecule has 0 aliphatic heterocycles. The van der Waals surface area contributed by atoms with Crippen molar-refractivity contribution in [2.45, 2.75) is 27.2 Å². The first-order chi connectivity index (χ1) is 15.4. The van der Waals surface area contributed by atoms with Gasteiger partial charge >= 0.3 is 5.97 Å². The molecule has 3 aromatic heterocycles. The fourth-order valence-corrected chi connectivity index (χ4v) is 4.25. The van der Waals surface area contributed by atoms with Crippen molar-refractivity contribution in [2.75, 3.05) is 12.4 Å². The zero-order valence-corrected chi connectivity index (χ0v) is 19.2. The lowest BCUT2D eigenvalue weighted by Crippen LogP contribution is -2.10. The lowest BCUT2D eigenvalue weighted by Gasteiger charge is -2.15. The van der Waals surface area contributed by atoms with E-state index in [1.807, 2.05) is 30.0 Å². The van der Waals surface area contributed by atoms with Gasteiger partial charge in [0.1, 0.15) is 5.82 Å². The summed E-state index contributed by atoms with van der Waals surface area (Å²) in [6.45, 7) is 6.14. The van der Waals surface area contributed by atoms with Gasteiger partial charge in [-0.2, -0.15) is 16.4 Å². The van der Waals surface area contributed by atoms with Gasteiger partial charge in [-0.05, 0) is 65.9 Å². The van der Waals surface area contributed by atoms with Crippen LogP contribution in [-0.2, 0) is 6.42 Å². The molecule has 0 atom stereocenters. The highest BCUT2D eigenvalue weighted by Gasteiger charge is 2.23. The number of pyridine rings is 1. The number of ether oxygens (including phenoxy) is 1. The number of carbonyl (C=O) groups is 1. The average molecular weight is 449 g/mol. The molecule has 0 bridgehead atoms. The number of anilines is 2. The van der Waals surface area contributed by atoms with E-state index in [9.17, 15) is 9.90 Å². The SMILES string of the molecule is CCc1nn(-c2cc(C)ccc2C)c(Nc2ccc(OC)nc2C(=O)O)c1-c1ccsc1. The topological polar surface area (TPSA) is 89.3 Å². The number of rotatable bonds is 7. The lowest BCUT2D eigenvalue weighted by atomic mass is 10.1. The first-order valence-corrected chi connectivity index (χ1v) is 11.1. The van der Waals surface area contributed by atoms with Crippen molar-refractivity contribution in [1.29, 1.82) is 0 Å². The molecule has 0 spiro atoms. The summed E-state index contributed by atoms with van der Waals surface area (Å²) in [5.74, 6) is -0.205. The van der Waals surface area contributed by atoms with Crippen LogP contribution in [0.15, 0.2) is 47.2 Å². The maximum Gasteiger partial charge on any atom is 0.356 e. The number of hydrogen-bond acceptors (Lipinski definition) is 6. The average Bonchev–Trinajstić information content (AvgIpc) is 3.43. The first kappa shape index (κ1) is 21.6. The highest BCUT2D eigenvalue weighted by molar-refractivity contribution is 7.08. The van der Waals surface area contributed by atoms with Crippen LogP contribution in [0, 0.1) is 13.8 Å². The number of carboxylic acids is 1. The maximum absolute atomic E-state index is 11.9. The number of hydrogen-bond donors (Lipinski definition) is 2. The summed E-state index contributed by atoms with van der Waals surface area (Å²) in [5, 5.41) is 22.1. The van der Waals surface area contributed by atoms with Gasteiger partial charge in [0.05, 0.1) is 24.2 Å². The van der Waals surface area contributed by atoms with Crippen LogP contribution in [0.4, 0.5) is 11.5 Å². The molecule has 32 heavy (non-hydrogen) atoms. The van der Waals surface area contributed by atoms with Crippen LogP contribution < -0.4 is 10.1 Å². The summed E-state index contributed by atoms with van der Waals surface area (Å²) in [4.78, 5) is 16.1. The van der Waals surface area contributed by atoms with Crippen molar-refractivity contribution in [3.05, 3.63) is 69.7 Å². The molecule has 0 saturated heterocycles. The first-order valence-electron chi connectivity index (χ1n) is 10.2. The van der Waals surface area contributed by atoms with E-state index in [0.29, 0.717) is 11.5 Å². The van der Waals surface area contributed by atoms with Crippen LogP contribution in [0.3, 0.4) is 0 Å². The second-order valence-electron chi connectivity index (χ2n) is 7.42. The van der Waals surface area contributed by atoms with Gasteiger partial charge in [-0.1, -0.05) is 19.1 Å². The third-order valence-electron chi connectivity index (χ3n) is 5.23. The summed E-state index contributed by atoms with van der Waals surface area (Å²) in [6, 6.07) is 11.5. The van der Waals surface area contributed by atoms with Crippen LogP contribution in [0.2, 0.25) is 0 Å². The van der Waals surface area contributed by atoms with Crippen LogP contribution in [0.1, 0.15) is 34.2 Å². The van der Waals surface area contributed by atoms with E-state index in [1.54, 1.807) is 23.5 Å². The van der Waals surface area contributed by atoms with E-state index in [-0.39, 0.29) is 11.6 Å². The molecule has 0 unspecified atom stereocenters. The van der Waals surface area contributed by atoms with Gasteiger partial charge in [0.25, 0.3) is 0 Å². The largest absolute Gasteiger partial charge is 0.481 e. The number of aryl methyl sites for hydroxylation is 3. The van der Waals surface area contributed by atoms with E-state index in [2.05, 4.69) is 40.8 Å². The number of nitrogens with zero attached hydrogens (tertiary/aromatic N) is 3. The molecule has 0 fully saturated rings. The number of carboxylic acid groups (broad SMARTS) is 1. The minimum absolute atomic E-state index is 0.118. The van der Waals surface area contributed by atoms with Gasteiger partial charge in [-0.15, -0.1) is 0 Å². The predicted molar refractivity (Wildman–Crippen MR) is 127 cm³/mol. The summed E-state index contributed by atoms with van der Waals surface area (Å²) in [5.41, 5.74) is 6.25. The molecule has 0 amide bonds. The molecule has 4 rings (SSSR count). The van der Waals surface area contributed by atoms with Crippen LogP contribution in [0.25, 0.3) is 16.8 Å². The predicted octanol–water partition coefficient (Wildman–Crippen LogP) is 5.63. The summed E-state index contributed by atoms with van der Waals surface area (Å²) < 4.78 is 6.98. The second kappa shape index (κ2) is 8.84. The van der Waals surface area contributed by atoms with Crippen LogP contribution in [0.5, 0.6) is 5.88 Å². The van der Waals surface area contributed by atoms with Gasteiger partial charge in [0.2, 0.25) is 5.88 Å². The van der Waals surface area contributed by atoms with Gasteiger partial charge in [0, 0.05) is 11.6 Å². The third-order valence-corrected chi connectivity index (χ3v) is 5.91. The summed E-state index contributed by atoms with van der Waals surface area (Å²) >= 11 is 1.60. The number of nitrogens with one attached hydrogen (secondary N) is 1. The number of benzene rings is 1. The zero-order chi connectivity index (χ0) is 22.8. The second-order valence-corrected chi connectivity index (χ2v) is 8.20. The van der Waals surface area contributed by atoms with Gasteiger partial charge in [0.15, 0.2) is 5.69 Å². The molecule has 3 heterocycles. The molecule has 4 aromatic rings. The lowest BCUT2D eigenvalue weighted by molar-refractivity contribution is 0.0690. The van der Waals surface area contributed by atoms with Crippen molar-refractivity contribution in [3.8, 4) is 22.7 Å². The molecule has 0 radical (unpaired) electrons. The Morgan fingerprint density at radius 1 is 1.22 bits per heavy atom. The van der Waals surface area contributed by atoms with Gasteiger partial charge in [-0.25, -0.2) is 14.5 Å². The van der Waals surface area contributed by atoms with Crippen molar-refractivity contribution in [3.63, 3.8) is 0 Å². The van der Waals surface area contributed by atoms with Crippen molar-refractivity contribution < 1.29 is 14.6 Å². The third kappa shape index (κ3) is 3.97. The molecular weight excluding hydrogens is 424 g/mol. The fourth-order valence-electron chi connectivity index (χ4n) is 3.60. The van der Waals surface area contributed by atoms with Crippen LogP contribution in [-0.4, -0.2) is 33.0 Å².